The van der Waals surface area contributed by atoms with E-state index in [-0.39, 0.29) is 30.4 Å². The average molecular weight is 545 g/mol. The zero-order chi connectivity index (χ0) is 26.8. The topological polar surface area (TPSA) is 63.0 Å². The van der Waals surface area contributed by atoms with Gasteiger partial charge in [0.2, 0.25) is 5.91 Å². The molecule has 6 rings (SSSR count). The normalized spacial score (nSPS) is 19.7. The second-order valence-corrected chi connectivity index (χ2v) is 12.1. The summed E-state index contributed by atoms with van der Waals surface area (Å²) in [6.07, 6.45) is 5.12. The van der Waals surface area contributed by atoms with Gasteiger partial charge in [0, 0.05) is 37.1 Å². The summed E-state index contributed by atoms with van der Waals surface area (Å²) < 4.78 is 12.0. The third kappa shape index (κ3) is 5.60. The molecule has 0 bridgehead atoms. The standard InChI is InChI=1S/C32H36N2O4S/c1-22-5-4-8-25(19-22)30-28-20-26(10-9-23(28)13-14-34(30)31(35)24-6-2-3-7-24)37-21-27-11-12-29(38-27)32(36)33-15-17-39-18-16-33/h4-5,8-12,19-20,24,30H,2-3,6-7,13-18,21H2,1H3/t30-/m0/s1. The number of hydrogen-bond donors (Lipinski definition) is 0. The van der Waals surface area contributed by atoms with Gasteiger partial charge in [-0.2, -0.15) is 11.8 Å². The van der Waals surface area contributed by atoms with Crippen LogP contribution < -0.4 is 4.74 Å². The van der Waals surface area contributed by atoms with Gasteiger partial charge in [-0.15, -0.1) is 0 Å². The van der Waals surface area contributed by atoms with Gasteiger partial charge in [0.05, 0.1) is 6.04 Å². The number of aryl methyl sites for hydroxylation is 1. The first kappa shape index (κ1) is 26.1. The van der Waals surface area contributed by atoms with Crippen molar-refractivity contribution < 1.29 is 18.7 Å². The Hall–Kier alpha value is -3.19. The Kier molecular flexibility index (Phi) is 7.69. The van der Waals surface area contributed by atoms with E-state index in [4.69, 9.17) is 9.15 Å². The number of benzene rings is 2. The molecule has 0 spiro atoms. The molecule has 204 valence electrons. The van der Waals surface area contributed by atoms with Gasteiger partial charge >= 0.3 is 0 Å². The van der Waals surface area contributed by atoms with Crippen LogP contribution in [0.25, 0.3) is 0 Å². The predicted molar refractivity (Wildman–Crippen MR) is 153 cm³/mol. The molecular weight excluding hydrogens is 508 g/mol. The van der Waals surface area contributed by atoms with Crippen molar-refractivity contribution in [2.45, 2.75) is 51.7 Å². The van der Waals surface area contributed by atoms with Crippen molar-refractivity contribution in [1.82, 2.24) is 9.80 Å². The molecule has 7 heteroatoms. The van der Waals surface area contributed by atoms with Crippen molar-refractivity contribution in [3.8, 4) is 5.75 Å². The summed E-state index contributed by atoms with van der Waals surface area (Å²) >= 11 is 1.87. The summed E-state index contributed by atoms with van der Waals surface area (Å²) in [5.74, 6) is 4.03. The molecule has 1 saturated heterocycles. The Morgan fingerprint density at radius 1 is 1.00 bits per heavy atom. The van der Waals surface area contributed by atoms with Crippen LogP contribution in [-0.2, 0) is 17.8 Å². The van der Waals surface area contributed by atoms with Crippen LogP contribution in [-0.4, -0.2) is 52.8 Å². The number of amides is 2. The van der Waals surface area contributed by atoms with Crippen molar-refractivity contribution in [1.29, 1.82) is 0 Å². The lowest BCUT2D eigenvalue weighted by molar-refractivity contribution is -0.137. The minimum Gasteiger partial charge on any atom is -0.486 e. The molecule has 2 aliphatic heterocycles. The smallest absolute Gasteiger partial charge is 0.289 e. The molecule has 1 saturated carbocycles. The van der Waals surface area contributed by atoms with E-state index in [2.05, 4.69) is 48.2 Å². The molecule has 6 nitrogen and oxygen atoms in total. The second-order valence-electron chi connectivity index (χ2n) is 10.9. The van der Waals surface area contributed by atoms with Crippen LogP contribution in [0.4, 0.5) is 0 Å². The molecule has 1 aromatic heterocycles. The number of ether oxygens (including phenoxy) is 1. The zero-order valence-electron chi connectivity index (χ0n) is 22.6. The Morgan fingerprint density at radius 3 is 2.62 bits per heavy atom. The molecule has 0 unspecified atom stereocenters. The second kappa shape index (κ2) is 11.5. The van der Waals surface area contributed by atoms with Gasteiger partial charge in [0.25, 0.3) is 5.91 Å². The molecule has 1 atom stereocenters. The van der Waals surface area contributed by atoms with Crippen LogP contribution in [0, 0.1) is 12.8 Å². The van der Waals surface area contributed by atoms with E-state index < -0.39 is 0 Å². The first-order chi connectivity index (χ1) is 19.1. The first-order valence-electron chi connectivity index (χ1n) is 14.2. The number of carbonyl (C=O) groups is 2. The minimum absolute atomic E-state index is 0.0525. The lowest BCUT2D eigenvalue weighted by Crippen LogP contribution is -2.43. The molecule has 2 fully saturated rings. The van der Waals surface area contributed by atoms with Gasteiger partial charge in [-0.05, 0) is 67.1 Å². The number of fused-ring (bicyclic) bond motifs is 1. The molecule has 3 aliphatic rings. The van der Waals surface area contributed by atoms with Gasteiger partial charge in [-0.3, -0.25) is 9.59 Å². The predicted octanol–water partition coefficient (Wildman–Crippen LogP) is 6.02. The highest BCUT2D eigenvalue weighted by atomic mass is 32.2. The maximum absolute atomic E-state index is 13.7. The number of hydrogen-bond acceptors (Lipinski definition) is 5. The number of furan rings is 1. The quantitative estimate of drug-likeness (QED) is 0.380. The van der Waals surface area contributed by atoms with Crippen LogP contribution in [0.3, 0.4) is 0 Å². The molecule has 0 radical (unpaired) electrons. The fourth-order valence-electron chi connectivity index (χ4n) is 6.17. The van der Waals surface area contributed by atoms with E-state index in [9.17, 15) is 9.59 Å². The van der Waals surface area contributed by atoms with Gasteiger partial charge in [-0.25, -0.2) is 0 Å². The van der Waals surface area contributed by atoms with Crippen molar-refractivity contribution in [2.24, 2.45) is 5.92 Å². The summed E-state index contributed by atoms with van der Waals surface area (Å²) in [6.45, 7) is 4.59. The molecular formula is C32H36N2O4S. The van der Waals surface area contributed by atoms with Crippen molar-refractivity contribution in [2.75, 3.05) is 31.1 Å². The first-order valence-corrected chi connectivity index (χ1v) is 15.3. The highest BCUT2D eigenvalue weighted by Gasteiger charge is 2.36. The summed E-state index contributed by atoms with van der Waals surface area (Å²) in [5, 5.41) is 0. The largest absolute Gasteiger partial charge is 0.486 e. The Bertz CT molecular complexity index is 1340. The Balaban J connectivity index is 1.22. The fourth-order valence-corrected chi connectivity index (χ4v) is 7.08. The van der Waals surface area contributed by atoms with Crippen LogP contribution in [0.5, 0.6) is 5.75 Å². The lowest BCUT2D eigenvalue weighted by Gasteiger charge is -2.39. The summed E-state index contributed by atoms with van der Waals surface area (Å²) in [5.41, 5.74) is 4.72. The molecule has 1 aliphatic carbocycles. The van der Waals surface area contributed by atoms with Crippen molar-refractivity contribution in [3.63, 3.8) is 0 Å². The van der Waals surface area contributed by atoms with Crippen LogP contribution in [0.2, 0.25) is 0 Å². The van der Waals surface area contributed by atoms with Crippen molar-refractivity contribution >= 4 is 23.6 Å². The van der Waals surface area contributed by atoms with E-state index in [1.165, 1.54) is 11.1 Å². The fraction of sp³-hybridized carbons (Fsp3) is 0.438. The average Bonchev–Trinajstić information content (AvgIpc) is 3.68. The van der Waals surface area contributed by atoms with Crippen LogP contribution >= 0.6 is 11.8 Å². The lowest BCUT2D eigenvalue weighted by atomic mass is 9.86. The van der Waals surface area contributed by atoms with Crippen LogP contribution in [0.1, 0.15) is 70.3 Å². The maximum atomic E-state index is 13.7. The molecule has 39 heavy (non-hydrogen) atoms. The van der Waals surface area contributed by atoms with Gasteiger partial charge in [-0.1, -0.05) is 48.7 Å². The number of thioether (sulfide) groups is 1. The van der Waals surface area contributed by atoms with Crippen molar-refractivity contribution in [3.05, 3.63) is 88.4 Å². The third-order valence-corrected chi connectivity index (χ3v) is 9.19. The number of nitrogens with zero attached hydrogens (tertiary/aromatic N) is 2. The molecule has 0 N–H and O–H groups in total. The Morgan fingerprint density at radius 2 is 1.82 bits per heavy atom. The molecule has 3 aromatic rings. The van der Waals surface area contributed by atoms with E-state index in [1.54, 1.807) is 6.07 Å². The molecule has 2 aromatic carbocycles. The highest BCUT2D eigenvalue weighted by Crippen LogP contribution is 2.40. The van der Waals surface area contributed by atoms with E-state index in [0.717, 1.165) is 80.1 Å². The summed E-state index contributed by atoms with van der Waals surface area (Å²) in [4.78, 5) is 30.4. The van der Waals surface area contributed by atoms with E-state index in [0.29, 0.717) is 11.5 Å². The summed E-state index contributed by atoms with van der Waals surface area (Å²) in [6, 6.07) is 18.2. The number of carbonyl (C=O) groups excluding carboxylic acids is 2. The molecule has 3 heterocycles. The van der Waals surface area contributed by atoms with Gasteiger partial charge < -0.3 is 19.0 Å². The molecule has 2 amide bonds. The van der Waals surface area contributed by atoms with E-state index >= 15 is 0 Å². The maximum Gasteiger partial charge on any atom is 0.289 e. The van der Waals surface area contributed by atoms with Gasteiger partial charge in [0.15, 0.2) is 5.76 Å². The SMILES string of the molecule is Cc1cccc([C@H]2c3cc(OCc4ccc(C(=O)N5CCSCC5)o4)ccc3CCN2C(=O)C2CCCC2)c1. The van der Waals surface area contributed by atoms with E-state index in [1.807, 2.05) is 28.8 Å². The minimum atomic E-state index is -0.124. The monoisotopic (exact) mass is 544 g/mol. The highest BCUT2D eigenvalue weighted by molar-refractivity contribution is 7.99. The third-order valence-electron chi connectivity index (χ3n) is 8.24. The Labute approximate surface area is 234 Å². The summed E-state index contributed by atoms with van der Waals surface area (Å²) in [7, 11) is 0. The van der Waals surface area contributed by atoms with Gasteiger partial charge in [0.1, 0.15) is 18.1 Å². The van der Waals surface area contributed by atoms with Crippen LogP contribution in [0.15, 0.2) is 59.0 Å². The zero-order valence-corrected chi connectivity index (χ0v) is 23.4. The number of rotatable bonds is 6.